The van der Waals surface area contributed by atoms with E-state index in [-0.39, 0.29) is 5.91 Å². The Kier molecular flexibility index (Phi) is 3.96. The van der Waals surface area contributed by atoms with E-state index in [2.05, 4.69) is 27.6 Å². The van der Waals surface area contributed by atoms with Gasteiger partial charge >= 0.3 is 0 Å². The van der Waals surface area contributed by atoms with Gasteiger partial charge in [0.1, 0.15) is 5.82 Å². The van der Waals surface area contributed by atoms with Crippen LogP contribution in [0.4, 0.5) is 0 Å². The molecule has 0 radical (unpaired) electrons. The highest BCUT2D eigenvalue weighted by Gasteiger charge is 2.19. The molecule has 1 aliphatic heterocycles. The molecule has 1 aliphatic rings. The third-order valence-corrected chi connectivity index (χ3v) is 4.33. The number of nitrogens with zero attached hydrogens (tertiary/aromatic N) is 4. The summed E-state index contributed by atoms with van der Waals surface area (Å²) in [4.78, 5) is 14.6. The fourth-order valence-corrected chi connectivity index (χ4v) is 3.01. The summed E-state index contributed by atoms with van der Waals surface area (Å²) in [5, 5.41) is 11.8. The van der Waals surface area contributed by atoms with E-state index in [1.165, 1.54) is 5.56 Å². The molecular formula is C18H19N5O. The molecule has 0 spiro atoms. The van der Waals surface area contributed by atoms with Crippen LogP contribution in [0.3, 0.4) is 0 Å². The van der Waals surface area contributed by atoms with Gasteiger partial charge in [0.15, 0.2) is 5.65 Å². The molecule has 1 fully saturated rings. The van der Waals surface area contributed by atoms with Crippen molar-refractivity contribution in [1.82, 2.24) is 24.8 Å². The summed E-state index contributed by atoms with van der Waals surface area (Å²) in [5.41, 5.74) is 2.61. The smallest absolute Gasteiger partial charge is 0.255 e. The number of carbonyl (C=O) groups excluding carboxylic acids is 1. The molecule has 0 saturated carbocycles. The maximum absolute atomic E-state index is 12.7. The van der Waals surface area contributed by atoms with Crippen LogP contribution in [0.25, 0.3) is 5.65 Å². The highest BCUT2D eigenvalue weighted by molar-refractivity contribution is 5.94. The van der Waals surface area contributed by atoms with Gasteiger partial charge in [0.25, 0.3) is 5.91 Å². The molecule has 4 rings (SSSR count). The van der Waals surface area contributed by atoms with Crippen molar-refractivity contribution in [2.45, 2.75) is 6.42 Å². The Morgan fingerprint density at radius 1 is 1.04 bits per heavy atom. The van der Waals surface area contributed by atoms with Gasteiger partial charge in [-0.05, 0) is 17.7 Å². The number of hydrogen-bond acceptors (Lipinski definition) is 4. The fourth-order valence-electron chi connectivity index (χ4n) is 3.01. The second kappa shape index (κ2) is 6.41. The lowest BCUT2D eigenvalue weighted by Crippen LogP contribution is -2.46. The highest BCUT2D eigenvalue weighted by Crippen LogP contribution is 2.13. The number of piperazine rings is 1. The first kappa shape index (κ1) is 14.8. The van der Waals surface area contributed by atoms with Gasteiger partial charge in [0.2, 0.25) is 0 Å². The standard InChI is InChI=1S/C18H19N5O/c24-18(22-10-8-19-9-11-22)15-6-7-16-20-21-17(23(16)13-15)12-14-4-2-1-3-5-14/h1-7,13,19H,8-12H2. The minimum absolute atomic E-state index is 0.0674. The van der Waals surface area contributed by atoms with Crippen LogP contribution in [0, 0.1) is 0 Å². The van der Waals surface area contributed by atoms with Crippen molar-refractivity contribution >= 4 is 11.6 Å². The van der Waals surface area contributed by atoms with Crippen molar-refractivity contribution in [3.05, 3.63) is 65.6 Å². The fraction of sp³-hybridized carbons (Fsp3) is 0.278. The van der Waals surface area contributed by atoms with Crippen LogP contribution in [0.15, 0.2) is 48.7 Å². The molecule has 3 aromatic rings. The Labute approximate surface area is 140 Å². The summed E-state index contributed by atoms with van der Waals surface area (Å²) < 4.78 is 1.92. The summed E-state index contributed by atoms with van der Waals surface area (Å²) in [6, 6.07) is 13.8. The number of fused-ring (bicyclic) bond motifs is 1. The number of aromatic nitrogens is 3. The molecule has 0 bridgehead atoms. The van der Waals surface area contributed by atoms with E-state index in [9.17, 15) is 4.79 Å². The summed E-state index contributed by atoms with van der Waals surface area (Å²) in [7, 11) is 0. The number of benzene rings is 1. The van der Waals surface area contributed by atoms with Crippen LogP contribution in [0.2, 0.25) is 0 Å². The molecule has 2 aromatic heterocycles. The average molecular weight is 321 g/mol. The quantitative estimate of drug-likeness (QED) is 0.791. The molecule has 1 saturated heterocycles. The van der Waals surface area contributed by atoms with E-state index in [1.807, 2.05) is 45.8 Å². The Balaban J connectivity index is 1.64. The Morgan fingerprint density at radius 3 is 2.62 bits per heavy atom. The van der Waals surface area contributed by atoms with Crippen LogP contribution in [0.1, 0.15) is 21.7 Å². The lowest BCUT2D eigenvalue weighted by Gasteiger charge is -2.27. The van der Waals surface area contributed by atoms with Gasteiger partial charge in [-0.3, -0.25) is 9.20 Å². The average Bonchev–Trinajstić information content (AvgIpc) is 3.05. The molecule has 6 heteroatoms. The molecule has 0 unspecified atom stereocenters. The number of carbonyl (C=O) groups is 1. The maximum atomic E-state index is 12.7. The van der Waals surface area contributed by atoms with Gasteiger partial charge in [0.05, 0.1) is 5.56 Å². The van der Waals surface area contributed by atoms with E-state index >= 15 is 0 Å². The highest BCUT2D eigenvalue weighted by atomic mass is 16.2. The first-order valence-corrected chi connectivity index (χ1v) is 8.19. The SMILES string of the molecule is O=C(c1ccc2nnc(Cc3ccccc3)n2c1)N1CCNCC1. The third kappa shape index (κ3) is 2.88. The molecular weight excluding hydrogens is 302 g/mol. The van der Waals surface area contributed by atoms with E-state index in [4.69, 9.17) is 0 Å². The van der Waals surface area contributed by atoms with Crippen LogP contribution in [-0.2, 0) is 6.42 Å². The summed E-state index contributed by atoms with van der Waals surface area (Å²) in [5.74, 6) is 0.906. The van der Waals surface area contributed by atoms with Crippen LogP contribution >= 0.6 is 0 Å². The minimum atomic E-state index is 0.0674. The van der Waals surface area contributed by atoms with E-state index in [0.29, 0.717) is 12.0 Å². The number of rotatable bonds is 3. The zero-order chi connectivity index (χ0) is 16.4. The molecule has 0 aliphatic carbocycles. The predicted octanol–water partition coefficient (Wildman–Crippen LogP) is 1.37. The minimum Gasteiger partial charge on any atom is -0.336 e. The lowest BCUT2D eigenvalue weighted by atomic mass is 10.1. The Morgan fingerprint density at radius 2 is 1.83 bits per heavy atom. The van der Waals surface area contributed by atoms with Gasteiger partial charge in [-0.2, -0.15) is 0 Å². The van der Waals surface area contributed by atoms with Crippen molar-refractivity contribution in [1.29, 1.82) is 0 Å². The zero-order valence-electron chi connectivity index (χ0n) is 13.4. The Bertz CT molecular complexity index is 852. The third-order valence-electron chi connectivity index (χ3n) is 4.33. The normalized spacial score (nSPS) is 14.9. The van der Waals surface area contributed by atoms with Crippen LogP contribution in [-0.4, -0.2) is 51.6 Å². The number of hydrogen-bond donors (Lipinski definition) is 1. The summed E-state index contributed by atoms with van der Waals surface area (Å²) in [6.45, 7) is 3.19. The molecule has 122 valence electrons. The van der Waals surface area contributed by atoms with Gasteiger partial charge in [0, 0.05) is 38.8 Å². The summed E-state index contributed by atoms with van der Waals surface area (Å²) >= 11 is 0. The molecule has 1 N–H and O–H groups in total. The molecule has 0 atom stereocenters. The molecule has 1 aromatic carbocycles. The van der Waals surface area contributed by atoms with Gasteiger partial charge in [-0.1, -0.05) is 30.3 Å². The predicted molar refractivity (Wildman–Crippen MR) is 91.0 cm³/mol. The topological polar surface area (TPSA) is 62.5 Å². The van der Waals surface area contributed by atoms with E-state index in [0.717, 1.165) is 37.7 Å². The molecule has 6 nitrogen and oxygen atoms in total. The van der Waals surface area contributed by atoms with Gasteiger partial charge in [-0.15, -0.1) is 10.2 Å². The first-order valence-electron chi connectivity index (χ1n) is 8.19. The van der Waals surface area contributed by atoms with Crippen LogP contribution < -0.4 is 5.32 Å². The van der Waals surface area contributed by atoms with Crippen molar-refractivity contribution in [3.63, 3.8) is 0 Å². The largest absolute Gasteiger partial charge is 0.336 e. The molecule has 1 amide bonds. The number of pyridine rings is 1. The molecule has 3 heterocycles. The number of amides is 1. The van der Waals surface area contributed by atoms with E-state index < -0.39 is 0 Å². The van der Waals surface area contributed by atoms with Crippen molar-refractivity contribution in [3.8, 4) is 0 Å². The second-order valence-corrected chi connectivity index (χ2v) is 5.97. The monoisotopic (exact) mass is 321 g/mol. The maximum Gasteiger partial charge on any atom is 0.255 e. The Hall–Kier alpha value is -2.73. The summed E-state index contributed by atoms with van der Waals surface area (Å²) in [6.07, 6.45) is 2.55. The molecule has 24 heavy (non-hydrogen) atoms. The number of nitrogens with one attached hydrogen (secondary N) is 1. The van der Waals surface area contributed by atoms with Crippen molar-refractivity contribution in [2.75, 3.05) is 26.2 Å². The van der Waals surface area contributed by atoms with E-state index in [1.54, 1.807) is 0 Å². The lowest BCUT2D eigenvalue weighted by molar-refractivity contribution is 0.0735. The zero-order valence-corrected chi connectivity index (χ0v) is 13.4. The van der Waals surface area contributed by atoms with Crippen molar-refractivity contribution in [2.24, 2.45) is 0 Å². The first-order chi connectivity index (χ1) is 11.8. The van der Waals surface area contributed by atoms with Gasteiger partial charge in [-0.25, -0.2) is 0 Å². The second-order valence-electron chi connectivity index (χ2n) is 5.97. The van der Waals surface area contributed by atoms with Crippen LogP contribution in [0.5, 0.6) is 0 Å². The van der Waals surface area contributed by atoms with Crippen molar-refractivity contribution < 1.29 is 4.79 Å². The van der Waals surface area contributed by atoms with Gasteiger partial charge < -0.3 is 10.2 Å².